The third kappa shape index (κ3) is 8.42. The Bertz CT molecular complexity index is 2760. The molecule has 0 bridgehead atoms. The van der Waals surface area contributed by atoms with Crippen LogP contribution in [0.1, 0.15) is 11.1 Å². The maximum Gasteiger partial charge on any atom is 0.336 e. The topological polar surface area (TPSA) is 89.5 Å². The van der Waals surface area contributed by atoms with Gasteiger partial charge >= 0.3 is 11.9 Å². The number of carbonyl (C=O) groups excluding carboxylic acids is 2. The second-order valence-corrected chi connectivity index (χ2v) is 14.3. The van der Waals surface area contributed by atoms with Crippen molar-refractivity contribution in [2.24, 2.45) is 0 Å². The number of ether oxygens (including phenoxy) is 6. The van der Waals surface area contributed by atoms with Crippen molar-refractivity contribution in [3.05, 3.63) is 181 Å². The molecule has 0 saturated carbocycles. The van der Waals surface area contributed by atoms with Gasteiger partial charge in [0.15, 0.2) is 0 Å². The smallest absolute Gasteiger partial charge is 0.336 e. The molecular weight excluding hydrogens is 765 g/mol. The number of esters is 2. The molecular formula is C53H38O8. The van der Waals surface area contributed by atoms with Crippen LogP contribution in [0.2, 0.25) is 0 Å². The maximum atomic E-state index is 12.8. The molecule has 1 aliphatic heterocycles. The molecule has 9 rings (SSSR count). The van der Waals surface area contributed by atoms with Gasteiger partial charge in [0.1, 0.15) is 34.5 Å². The van der Waals surface area contributed by atoms with E-state index in [0.29, 0.717) is 23.0 Å². The lowest BCUT2D eigenvalue weighted by Gasteiger charge is -2.14. The number of hydrogen-bond donors (Lipinski definition) is 0. The van der Waals surface area contributed by atoms with E-state index in [-0.39, 0.29) is 6.79 Å². The van der Waals surface area contributed by atoms with Crippen molar-refractivity contribution in [3.63, 3.8) is 0 Å². The molecule has 0 fully saturated rings. The summed E-state index contributed by atoms with van der Waals surface area (Å²) >= 11 is 0. The molecule has 8 aromatic carbocycles. The van der Waals surface area contributed by atoms with Crippen molar-refractivity contribution in [1.82, 2.24) is 0 Å². The summed E-state index contributed by atoms with van der Waals surface area (Å²) in [5.41, 5.74) is 7.56. The third-order valence-corrected chi connectivity index (χ3v) is 10.5. The largest absolute Gasteiger partial charge is 0.497 e. The first-order valence-corrected chi connectivity index (χ1v) is 19.6. The monoisotopic (exact) mass is 802 g/mol. The van der Waals surface area contributed by atoms with Crippen molar-refractivity contribution in [1.29, 1.82) is 0 Å². The summed E-state index contributed by atoms with van der Waals surface area (Å²) in [6.45, 7) is 0.0668. The zero-order chi connectivity index (χ0) is 41.7. The van der Waals surface area contributed by atoms with Gasteiger partial charge < -0.3 is 28.4 Å². The molecule has 0 radical (unpaired) electrons. The van der Waals surface area contributed by atoms with Crippen LogP contribution >= 0.6 is 0 Å². The van der Waals surface area contributed by atoms with Gasteiger partial charge in [-0.3, -0.25) is 0 Å². The van der Waals surface area contributed by atoms with Gasteiger partial charge in [0, 0.05) is 23.3 Å². The van der Waals surface area contributed by atoms with E-state index in [9.17, 15) is 9.59 Å². The minimum atomic E-state index is -0.479. The molecule has 0 N–H and O–H groups in total. The van der Waals surface area contributed by atoms with Crippen molar-refractivity contribution in [3.8, 4) is 67.9 Å². The van der Waals surface area contributed by atoms with Crippen LogP contribution < -0.4 is 28.4 Å². The standard InChI is InChI=1S/C53H38O8/c1-56-42-17-7-36(8-18-42)38-11-21-44(22-12-38)60-50(54)29-5-34-3-25-46-40(31-34)15-27-48-52(46)53-47-26-4-35(32-41(47)16-28-49(53)59-33-58-48)6-30-51(55)61-45-23-13-39(14-24-45)37-9-19-43(57-2)20-10-37/h3-32H,33H2,1-2H3. The first-order chi connectivity index (χ1) is 29.9. The van der Waals surface area contributed by atoms with Crippen molar-refractivity contribution < 1.29 is 38.0 Å². The summed E-state index contributed by atoms with van der Waals surface area (Å²) < 4.78 is 33.9. The number of fused-ring (bicyclic) bond motifs is 7. The van der Waals surface area contributed by atoms with Crippen LogP contribution in [-0.4, -0.2) is 33.0 Å². The minimum Gasteiger partial charge on any atom is -0.497 e. The third-order valence-electron chi connectivity index (χ3n) is 10.5. The van der Waals surface area contributed by atoms with Gasteiger partial charge in [0.25, 0.3) is 0 Å². The van der Waals surface area contributed by atoms with E-state index in [2.05, 4.69) is 0 Å². The number of methoxy groups -OCH3 is 2. The number of rotatable bonds is 10. The molecule has 8 heteroatoms. The second-order valence-electron chi connectivity index (χ2n) is 14.3. The van der Waals surface area contributed by atoms with E-state index in [1.165, 1.54) is 12.2 Å². The highest BCUT2D eigenvalue weighted by Gasteiger charge is 2.22. The highest BCUT2D eigenvalue weighted by atomic mass is 16.7. The molecule has 0 aliphatic carbocycles. The van der Waals surface area contributed by atoms with Gasteiger partial charge in [-0.15, -0.1) is 0 Å². The Balaban J connectivity index is 0.904. The van der Waals surface area contributed by atoms with Gasteiger partial charge in [0.05, 0.1) is 14.2 Å². The van der Waals surface area contributed by atoms with Crippen LogP contribution in [0.25, 0.3) is 67.1 Å². The van der Waals surface area contributed by atoms with Crippen molar-refractivity contribution >= 4 is 45.6 Å². The van der Waals surface area contributed by atoms with Crippen LogP contribution in [0.3, 0.4) is 0 Å². The van der Waals surface area contributed by atoms with E-state index in [0.717, 1.165) is 77.6 Å². The Kier molecular flexibility index (Phi) is 10.7. The summed E-state index contributed by atoms with van der Waals surface area (Å²) in [6.07, 6.45) is 6.34. The lowest BCUT2D eigenvalue weighted by molar-refractivity contribution is -0.129. The molecule has 0 aromatic heterocycles. The molecule has 0 atom stereocenters. The summed E-state index contributed by atoms with van der Waals surface area (Å²) in [4.78, 5) is 25.6. The number of benzene rings is 8. The van der Waals surface area contributed by atoms with Gasteiger partial charge in [-0.25, -0.2) is 9.59 Å². The normalized spacial score (nSPS) is 12.0. The highest BCUT2D eigenvalue weighted by Crippen LogP contribution is 2.47. The second kappa shape index (κ2) is 17.0. The molecule has 1 aliphatic rings. The molecule has 298 valence electrons. The number of carbonyl (C=O) groups is 2. The van der Waals surface area contributed by atoms with Crippen LogP contribution in [0.15, 0.2) is 170 Å². The fourth-order valence-corrected chi connectivity index (χ4v) is 7.40. The molecule has 61 heavy (non-hydrogen) atoms. The fourth-order valence-electron chi connectivity index (χ4n) is 7.40. The molecule has 0 saturated heterocycles. The van der Waals surface area contributed by atoms with Gasteiger partial charge in [-0.1, -0.05) is 84.9 Å². The van der Waals surface area contributed by atoms with Crippen molar-refractivity contribution in [2.45, 2.75) is 0 Å². The quantitative estimate of drug-likeness (QED) is 0.0767. The van der Waals surface area contributed by atoms with Crippen LogP contribution in [0.4, 0.5) is 0 Å². The predicted octanol–water partition coefficient (Wildman–Crippen LogP) is 12.0. The summed E-state index contributed by atoms with van der Waals surface area (Å²) in [6, 6.07) is 50.3. The molecule has 0 unspecified atom stereocenters. The molecule has 0 spiro atoms. The Hall–Kier alpha value is -8.10. The average molecular weight is 803 g/mol. The van der Waals surface area contributed by atoms with Gasteiger partial charge in [0.2, 0.25) is 6.79 Å². The number of hydrogen-bond acceptors (Lipinski definition) is 8. The first-order valence-electron chi connectivity index (χ1n) is 19.6. The Morgan fingerprint density at radius 3 is 1.16 bits per heavy atom. The van der Waals surface area contributed by atoms with E-state index in [1.54, 1.807) is 50.6 Å². The highest BCUT2D eigenvalue weighted by molar-refractivity contribution is 6.10. The van der Waals surface area contributed by atoms with Crippen LogP contribution in [0.5, 0.6) is 34.5 Å². The summed E-state index contributed by atoms with van der Waals surface area (Å²) in [5, 5.41) is 3.87. The molecule has 1 heterocycles. The molecule has 8 aromatic rings. The van der Waals surface area contributed by atoms with E-state index in [4.69, 9.17) is 28.4 Å². The zero-order valence-electron chi connectivity index (χ0n) is 33.3. The lowest BCUT2D eigenvalue weighted by atomic mass is 9.91. The Labute approximate surface area is 352 Å². The predicted molar refractivity (Wildman–Crippen MR) is 239 cm³/mol. The van der Waals surface area contributed by atoms with Crippen LogP contribution in [-0.2, 0) is 9.59 Å². The SMILES string of the molecule is COc1ccc(-c2ccc(OC(=O)C=Cc3ccc4c5c(ccc4c3)OCOc3ccc4cc(C=CC(=O)Oc6ccc(-c7ccc(OC)cc7)cc6)ccc4c3-5)cc2)cc1. The Morgan fingerprint density at radius 1 is 0.443 bits per heavy atom. The summed E-state index contributed by atoms with van der Waals surface area (Å²) in [7, 11) is 3.28. The zero-order valence-corrected chi connectivity index (χ0v) is 33.3. The Morgan fingerprint density at radius 2 is 0.803 bits per heavy atom. The molecule has 8 nitrogen and oxygen atoms in total. The summed E-state index contributed by atoms with van der Waals surface area (Å²) in [5.74, 6) is 2.93. The van der Waals surface area contributed by atoms with Gasteiger partial charge in [-0.05, 0) is 140 Å². The first kappa shape index (κ1) is 38.4. The van der Waals surface area contributed by atoms with Gasteiger partial charge in [-0.2, -0.15) is 0 Å². The maximum absolute atomic E-state index is 12.8. The molecule has 0 amide bonds. The van der Waals surface area contributed by atoms with Crippen molar-refractivity contribution in [2.75, 3.05) is 21.0 Å². The van der Waals surface area contributed by atoms with E-state index in [1.807, 2.05) is 133 Å². The average Bonchev–Trinajstić information content (AvgIpc) is 3.50. The van der Waals surface area contributed by atoms with Crippen LogP contribution in [0, 0.1) is 0 Å². The fraction of sp³-hybridized carbons (Fsp3) is 0.0566. The van der Waals surface area contributed by atoms with E-state index < -0.39 is 11.9 Å². The van der Waals surface area contributed by atoms with E-state index >= 15 is 0 Å². The lowest BCUT2D eigenvalue weighted by Crippen LogP contribution is -2.03. The minimum absolute atomic E-state index is 0.0668.